The maximum absolute atomic E-state index is 5.33. The number of hydrogen-bond donors (Lipinski definition) is 0. The van der Waals surface area contributed by atoms with Crippen molar-refractivity contribution in [2.75, 3.05) is 7.11 Å². The fourth-order valence-electron chi connectivity index (χ4n) is 4.28. The molecule has 0 aliphatic rings. The quantitative estimate of drug-likeness (QED) is 0.330. The van der Waals surface area contributed by atoms with E-state index in [1.165, 1.54) is 27.4 Å². The van der Waals surface area contributed by atoms with Crippen LogP contribution in [0.2, 0.25) is 0 Å². The topological polar surface area (TPSA) is 27.1 Å². The number of para-hydroxylation sites is 1. The van der Waals surface area contributed by atoms with Crippen LogP contribution in [0.5, 0.6) is 5.75 Å². The molecule has 0 radical (unpaired) electrons. The minimum Gasteiger partial charge on any atom is -0.497 e. The Morgan fingerprint density at radius 2 is 1.57 bits per heavy atom. The molecular formula is C27H24N2O. The second-order valence-corrected chi connectivity index (χ2v) is 7.54. The normalized spacial score (nSPS) is 11.2. The summed E-state index contributed by atoms with van der Waals surface area (Å²) < 4.78 is 7.78. The van der Waals surface area contributed by atoms with E-state index in [-0.39, 0.29) is 0 Å². The Labute approximate surface area is 176 Å². The summed E-state index contributed by atoms with van der Waals surface area (Å²) in [4.78, 5) is 4.79. The van der Waals surface area contributed by atoms with Gasteiger partial charge in [-0.25, -0.2) is 0 Å². The van der Waals surface area contributed by atoms with Crippen LogP contribution < -0.4 is 4.74 Å². The first-order chi connectivity index (χ1) is 14.8. The van der Waals surface area contributed by atoms with Gasteiger partial charge in [0.2, 0.25) is 0 Å². The van der Waals surface area contributed by atoms with E-state index in [2.05, 4.69) is 77.4 Å². The number of rotatable bonds is 6. The van der Waals surface area contributed by atoms with Crippen molar-refractivity contribution in [3.8, 4) is 17.0 Å². The molecule has 0 atom stereocenters. The first-order valence-corrected chi connectivity index (χ1v) is 10.4. The highest BCUT2D eigenvalue weighted by Crippen LogP contribution is 2.35. The summed E-state index contributed by atoms with van der Waals surface area (Å²) in [5.74, 6) is 0.856. The molecule has 5 aromatic rings. The summed E-state index contributed by atoms with van der Waals surface area (Å²) in [6, 6.07) is 29.7. The van der Waals surface area contributed by atoms with Gasteiger partial charge in [0.05, 0.1) is 18.3 Å². The minimum atomic E-state index is 0.856. The van der Waals surface area contributed by atoms with Crippen molar-refractivity contribution in [2.45, 2.75) is 19.4 Å². The number of hydrogen-bond acceptors (Lipinski definition) is 2. The summed E-state index contributed by atoms with van der Waals surface area (Å²) in [6.07, 6.45) is 4.06. The van der Waals surface area contributed by atoms with E-state index in [1.54, 1.807) is 7.11 Å². The molecule has 2 heterocycles. The van der Waals surface area contributed by atoms with Crippen molar-refractivity contribution in [1.82, 2.24) is 9.55 Å². The summed E-state index contributed by atoms with van der Waals surface area (Å²) >= 11 is 0. The van der Waals surface area contributed by atoms with Gasteiger partial charge in [0.1, 0.15) is 5.75 Å². The van der Waals surface area contributed by atoms with Gasteiger partial charge in [-0.2, -0.15) is 0 Å². The highest BCUT2D eigenvalue weighted by atomic mass is 16.5. The first kappa shape index (κ1) is 18.4. The third kappa shape index (κ3) is 3.33. The van der Waals surface area contributed by atoms with E-state index >= 15 is 0 Å². The average molecular weight is 393 g/mol. The van der Waals surface area contributed by atoms with Gasteiger partial charge < -0.3 is 9.30 Å². The zero-order valence-electron chi connectivity index (χ0n) is 17.1. The van der Waals surface area contributed by atoms with E-state index < -0.39 is 0 Å². The van der Waals surface area contributed by atoms with Crippen molar-refractivity contribution < 1.29 is 4.74 Å². The number of benzene rings is 3. The predicted octanol–water partition coefficient (Wildman–Crippen LogP) is 6.50. The lowest BCUT2D eigenvalue weighted by atomic mass is 10.1. The Morgan fingerprint density at radius 1 is 0.800 bits per heavy atom. The molecule has 30 heavy (non-hydrogen) atoms. The Kier molecular flexibility index (Phi) is 4.94. The Hall–Kier alpha value is -3.59. The molecule has 2 aromatic heterocycles. The largest absolute Gasteiger partial charge is 0.497 e. The maximum atomic E-state index is 5.33. The van der Waals surface area contributed by atoms with E-state index in [0.717, 1.165) is 36.4 Å². The SMILES string of the molecule is COc1ccc(-c2nccc3c4ccccc4n(CCCc4ccccc4)c23)cc1. The van der Waals surface area contributed by atoms with Gasteiger partial charge in [0.25, 0.3) is 0 Å². The molecule has 5 rings (SSSR count). The molecule has 0 unspecified atom stereocenters. The molecule has 0 aliphatic carbocycles. The van der Waals surface area contributed by atoms with Crippen molar-refractivity contribution >= 4 is 21.8 Å². The molecule has 3 nitrogen and oxygen atoms in total. The molecule has 0 aliphatic heterocycles. The number of fused-ring (bicyclic) bond motifs is 3. The van der Waals surface area contributed by atoms with Crippen LogP contribution in [0.3, 0.4) is 0 Å². The molecule has 0 N–H and O–H groups in total. The van der Waals surface area contributed by atoms with Gasteiger partial charge in [-0.3, -0.25) is 4.98 Å². The van der Waals surface area contributed by atoms with Crippen LogP contribution >= 0.6 is 0 Å². The molecule has 0 bridgehead atoms. The Morgan fingerprint density at radius 3 is 2.37 bits per heavy atom. The van der Waals surface area contributed by atoms with Crippen molar-refractivity contribution in [1.29, 1.82) is 0 Å². The van der Waals surface area contributed by atoms with Gasteiger partial charge >= 0.3 is 0 Å². The summed E-state index contributed by atoms with van der Waals surface area (Å²) in [5.41, 5.74) is 5.98. The molecule has 3 aromatic carbocycles. The van der Waals surface area contributed by atoms with E-state index in [9.17, 15) is 0 Å². The second kappa shape index (κ2) is 8.03. The number of methoxy groups -OCH3 is 1. The number of aromatic nitrogens is 2. The van der Waals surface area contributed by atoms with E-state index in [0.29, 0.717) is 0 Å². The van der Waals surface area contributed by atoms with Crippen molar-refractivity contribution in [3.63, 3.8) is 0 Å². The standard InChI is InChI=1S/C27H24N2O/c1-30-22-15-13-21(14-16-22)26-27-24(17-18-28-26)23-11-5-6-12-25(23)29(27)19-7-10-20-8-3-2-4-9-20/h2-6,8-9,11-18H,7,10,19H2,1H3. The van der Waals surface area contributed by atoms with Gasteiger partial charge in [-0.1, -0.05) is 48.5 Å². The minimum absolute atomic E-state index is 0.856. The van der Waals surface area contributed by atoms with Crippen LogP contribution in [-0.2, 0) is 13.0 Å². The number of aryl methyl sites for hydroxylation is 2. The average Bonchev–Trinajstić information content (AvgIpc) is 3.14. The van der Waals surface area contributed by atoms with E-state index in [1.807, 2.05) is 18.3 Å². The predicted molar refractivity (Wildman–Crippen MR) is 124 cm³/mol. The van der Waals surface area contributed by atoms with Crippen molar-refractivity contribution in [3.05, 3.63) is 96.7 Å². The number of pyridine rings is 1. The third-order valence-electron chi connectivity index (χ3n) is 5.73. The monoisotopic (exact) mass is 392 g/mol. The van der Waals surface area contributed by atoms with Gasteiger partial charge in [-0.05, 0) is 54.8 Å². The molecule has 148 valence electrons. The third-order valence-corrected chi connectivity index (χ3v) is 5.73. The number of nitrogens with zero attached hydrogens (tertiary/aromatic N) is 2. The molecule has 0 fully saturated rings. The second-order valence-electron chi connectivity index (χ2n) is 7.54. The molecule has 0 saturated carbocycles. The molecular weight excluding hydrogens is 368 g/mol. The van der Waals surface area contributed by atoms with E-state index in [4.69, 9.17) is 9.72 Å². The van der Waals surface area contributed by atoms with Gasteiger partial charge in [-0.15, -0.1) is 0 Å². The van der Waals surface area contributed by atoms with Crippen LogP contribution in [0.15, 0.2) is 91.1 Å². The lowest BCUT2D eigenvalue weighted by molar-refractivity contribution is 0.415. The fourth-order valence-corrected chi connectivity index (χ4v) is 4.28. The van der Waals surface area contributed by atoms with Crippen LogP contribution in [0.4, 0.5) is 0 Å². The highest BCUT2D eigenvalue weighted by Gasteiger charge is 2.15. The lowest BCUT2D eigenvalue weighted by Crippen LogP contribution is -2.01. The smallest absolute Gasteiger partial charge is 0.118 e. The summed E-state index contributed by atoms with van der Waals surface area (Å²) in [6.45, 7) is 0.952. The first-order valence-electron chi connectivity index (χ1n) is 10.4. The molecule has 3 heteroatoms. The summed E-state index contributed by atoms with van der Waals surface area (Å²) in [7, 11) is 1.69. The van der Waals surface area contributed by atoms with Gasteiger partial charge in [0, 0.05) is 34.6 Å². The number of ether oxygens (including phenoxy) is 1. The maximum Gasteiger partial charge on any atom is 0.118 e. The zero-order chi connectivity index (χ0) is 20.3. The lowest BCUT2D eigenvalue weighted by Gasteiger charge is -2.11. The summed E-state index contributed by atoms with van der Waals surface area (Å²) in [5, 5.41) is 2.54. The van der Waals surface area contributed by atoms with Crippen LogP contribution in [0, 0.1) is 0 Å². The van der Waals surface area contributed by atoms with Crippen LogP contribution in [0.25, 0.3) is 33.1 Å². The van der Waals surface area contributed by atoms with Crippen LogP contribution in [-0.4, -0.2) is 16.7 Å². The molecule has 0 spiro atoms. The highest BCUT2D eigenvalue weighted by molar-refractivity contribution is 6.11. The fraction of sp³-hybridized carbons (Fsp3) is 0.148. The Balaban J connectivity index is 1.61. The van der Waals surface area contributed by atoms with Crippen molar-refractivity contribution in [2.24, 2.45) is 0 Å². The van der Waals surface area contributed by atoms with Crippen LogP contribution in [0.1, 0.15) is 12.0 Å². The van der Waals surface area contributed by atoms with Gasteiger partial charge in [0.15, 0.2) is 0 Å². The molecule has 0 amide bonds. The zero-order valence-corrected chi connectivity index (χ0v) is 17.1. The molecule has 0 saturated heterocycles. The Bertz CT molecular complexity index is 1290.